The van der Waals surface area contributed by atoms with Gasteiger partial charge in [-0.25, -0.2) is 4.98 Å². The van der Waals surface area contributed by atoms with Crippen molar-refractivity contribution in [1.29, 1.82) is 0 Å². The molecule has 2 heterocycles. The first-order valence-electron chi connectivity index (χ1n) is 3.09. The number of aryl methyl sites for hydroxylation is 1. The molecule has 0 spiro atoms. The first kappa shape index (κ1) is 6.54. The summed E-state index contributed by atoms with van der Waals surface area (Å²) in [6.07, 6.45) is 0. The van der Waals surface area contributed by atoms with Gasteiger partial charge in [-0.05, 0) is 12.1 Å². The molecule has 0 fully saturated rings. The van der Waals surface area contributed by atoms with Crippen LogP contribution in [0.3, 0.4) is 0 Å². The molecule has 2 rings (SSSR count). The van der Waals surface area contributed by atoms with Crippen molar-refractivity contribution in [2.75, 3.05) is 0 Å². The summed E-state index contributed by atoms with van der Waals surface area (Å²) >= 11 is 5.64. The standard InChI is InChI=1S/C6H5ClN4/c1-11-9-4-2-3-5(7)8-6(4)10-11/h2-3H,1H3. The van der Waals surface area contributed by atoms with Crippen LogP contribution in [0.1, 0.15) is 0 Å². The van der Waals surface area contributed by atoms with E-state index in [1.54, 1.807) is 19.2 Å². The lowest BCUT2D eigenvalue weighted by Gasteiger charge is -1.84. The first-order valence-corrected chi connectivity index (χ1v) is 3.47. The normalized spacial score (nSPS) is 10.7. The van der Waals surface area contributed by atoms with Crippen LogP contribution >= 0.6 is 11.6 Å². The van der Waals surface area contributed by atoms with Gasteiger partial charge in [0.15, 0.2) is 0 Å². The maximum atomic E-state index is 5.64. The van der Waals surface area contributed by atoms with Crippen LogP contribution in [0.5, 0.6) is 0 Å². The van der Waals surface area contributed by atoms with Gasteiger partial charge in [-0.3, -0.25) is 0 Å². The van der Waals surface area contributed by atoms with E-state index in [1.165, 1.54) is 4.80 Å². The smallest absolute Gasteiger partial charge is 0.203 e. The number of nitrogens with zero attached hydrogens (tertiary/aromatic N) is 4. The lowest BCUT2D eigenvalue weighted by molar-refractivity contribution is 0.663. The summed E-state index contributed by atoms with van der Waals surface area (Å²) in [6.45, 7) is 0. The fourth-order valence-electron chi connectivity index (χ4n) is 0.885. The van der Waals surface area contributed by atoms with Gasteiger partial charge in [-0.2, -0.15) is 9.90 Å². The molecule has 0 aromatic carbocycles. The summed E-state index contributed by atoms with van der Waals surface area (Å²) in [5.41, 5.74) is 1.34. The predicted octanol–water partition coefficient (Wildman–Crippen LogP) is 1.02. The second-order valence-corrected chi connectivity index (χ2v) is 2.55. The van der Waals surface area contributed by atoms with Gasteiger partial charge >= 0.3 is 0 Å². The fraction of sp³-hybridized carbons (Fsp3) is 0.167. The molecule has 0 atom stereocenters. The van der Waals surface area contributed by atoms with Crippen LogP contribution in [0.15, 0.2) is 12.1 Å². The minimum Gasteiger partial charge on any atom is -0.213 e. The largest absolute Gasteiger partial charge is 0.213 e. The molecule has 0 N–H and O–H groups in total. The van der Waals surface area contributed by atoms with E-state index in [9.17, 15) is 0 Å². The summed E-state index contributed by atoms with van der Waals surface area (Å²) in [7, 11) is 1.75. The van der Waals surface area contributed by atoms with Crippen molar-refractivity contribution in [3.63, 3.8) is 0 Å². The first-order chi connectivity index (χ1) is 5.25. The molecule has 2 aromatic rings. The Balaban J connectivity index is 2.82. The third kappa shape index (κ3) is 1.05. The number of fused-ring (bicyclic) bond motifs is 1. The van der Waals surface area contributed by atoms with E-state index in [-0.39, 0.29) is 0 Å². The Morgan fingerprint density at radius 2 is 2.18 bits per heavy atom. The monoisotopic (exact) mass is 168 g/mol. The molecular formula is C6H5ClN4. The van der Waals surface area contributed by atoms with Crippen molar-refractivity contribution in [3.8, 4) is 0 Å². The van der Waals surface area contributed by atoms with Crippen molar-refractivity contribution in [2.24, 2.45) is 7.05 Å². The van der Waals surface area contributed by atoms with E-state index < -0.39 is 0 Å². The minimum atomic E-state index is 0.443. The number of rotatable bonds is 0. The van der Waals surface area contributed by atoms with Gasteiger partial charge in [-0.1, -0.05) is 11.6 Å². The maximum absolute atomic E-state index is 5.64. The van der Waals surface area contributed by atoms with E-state index in [4.69, 9.17) is 11.6 Å². The lowest BCUT2D eigenvalue weighted by Crippen LogP contribution is -1.90. The summed E-state index contributed by atoms with van der Waals surface area (Å²) in [5.74, 6) is 0. The second-order valence-electron chi connectivity index (χ2n) is 2.17. The summed E-state index contributed by atoms with van der Waals surface area (Å²) < 4.78 is 0. The van der Waals surface area contributed by atoms with Gasteiger partial charge in [0.1, 0.15) is 10.7 Å². The van der Waals surface area contributed by atoms with Crippen LogP contribution in [0, 0.1) is 0 Å². The zero-order valence-electron chi connectivity index (χ0n) is 5.82. The molecule has 5 heteroatoms. The summed E-state index contributed by atoms with van der Waals surface area (Å²) in [6, 6.07) is 3.48. The quantitative estimate of drug-likeness (QED) is 0.552. The van der Waals surface area contributed by atoms with E-state index in [1.807, 2.05) is 0 Å². The van der Waals surface area contributed by atoms with Crippen molar-refractivity contribution in [2.45, 2.75) is 0 Å². The highest BCUT2D eigenvalue weighted by Gasteiger charge is 2.00. The Labute approximate surface area is 67.8 Å². The molecule has 0 bridgehead atoms. The SMILES string of the molecule is Cn1nc2ccc(Cl)nc2n1. The lowest BCUT2D eigenvalue weighted by atomic mass is 10.4. The predicted molar refractivity (Wildman–Crippen MR) is 41.3 cm³/mol. The molecule has 0 aliphatic heterocycles. The Hall–Kier alpha value is -1.16. The minimum absolute atomic E-state index is 0.443. The number of hydrogen-bond acceptors (Lipinski definition) is 3. The van der Waals surface area contributed by atoms with Crippen LogP contribution < -0.4 is 0 Å². The molecule has 0 amide bonds. The molecule has 0 unspecified atom stereocenters. The number of aromatic nitrogens is 4. The second kappa shape index (κ2) is 2.17. The Morgan fingerprint density at radius 3 is 3.00 bits per heavy atom. The molecule has 11 heavy (non-hydrogen) atoms. The molecule has 0 aliphatic carbocycles. The third-order valence-electron chi connectivity index (χ3n) is 1.31. The highest BCUT2D eigenvalue weighted by molar-refractivity contribution is 6.29. The van der Waals surface area contributed by atoms with Gasteiger partial charge in [0.05, 0.1) is 0 Å². The van der Waals surface area contributed by atoms with Crippen LogP contribution in [-0.4, -0.2) is 20.0 Å². The number of pyridine rings is 1. The molecule has 4 nitrogen and oxygen atoms in total. The Kier molecular flexibility index (Phi) is 1.29. The molecule has 0 saturated carbocycles. The molecule has 2 aromatic heterocycles. The average Bonchev–Trinajstić information content (AvgIpc) is 2.27. The zero-order valence-corrected chi connectivity index (χ0v) is 6.58. The van der Waals surface area contributed by atoms with Crippen LogP contribution in [0.25, 0.3) is 11.2 Å². The molecule has 56 valence electrons. The van der Waals surface area contributed by atoms with Crippen LogP contribution in [0.2, 0.25) is 5.15 Å². The van der Waals surface area contributed by atoms with E-state index in [2.05, 4.69) is 15.2 Å². The van der Waals surface area contributed by atoms with Crippen LogP contribution in [-0.2, 0) is 7.05 Å². The van der Waals surface area contributed by atoms with Crippen molar-refractivity contribution < 1.29 is 0 Å². The van der Waals surface area contributed by atoms with Crippen molar-refractivity contribution in [1.82, 2.24) is 20.0 Å². The average molecular weight is 169 g/mol. The molecule has 0 radical (unpaired) electrons. The Bertz CT molecular complexity index is 394. The Morgan fingerprint density at radius 1 is 1.36 bits per heavy atom. The zero-order chi connectivity index (χ0) is 7.84. The molecular weight excluding hydrogens is 164 g/mol. The topological polar surface area (TPSA) is 43.6 Å². The summed E-state index contributed by atoms with van der Waals surface area (Å²) in [5, 5.41) is 8.47. The number of halogens is 1. The van der Waals surface area contributed by atoms with E-state index in [0.29, 0.717) is 10.8 Å². The summed E-state index contributed by atoms with van der Waals surface area (Å²) in [4.78, 5) is 5.43. The van der Waals surface area contributed by atoms with E-state index in [0.717, 1.165) is 5.52 Å². The van der Waals surface area contributed by atoms with Gasteiger partial charge in [0.25, 0.3) is 0 Å². The highest BCUT2D eigenvalue weighted by Crippen LogP contribution is 2.09. The highest BCUT2D eigenvalue weighted by atomic mass is 35.5. The van der Waals surface area contributed by atoms with Crippen molar-refractivity contribution in [3.05, 3.63) is 17.3 Å². The van der Waals surface area contributed by atoms with Crippen molar-refractivity contribution >= 4 is 22.8 Å². The molecule has 0 saturated heterocycles. The van der Waals surface area contributed by atoms with Gasteiger partial charge in [0.2, 0.25) is 5.65 Å². The number of hydrogen-bond donors (Lipinski definition) is 0. The third-order valence-corrected chi connectivity index (χ3v) is 1.52. The van der Waals surface area contributed by atoms with Gasteiger partial charge in [-0.15, -0.1) is 5.10 Å². The van der Waals surface area contributed by atoms with Crippen LogP contribution in [0.4, 0.5) is 0 Å². The molecule has 0 aliphatic rings. The maximum Gasteiger partial charge on any atom is 0.203 e. The van der Waals surface area contributed by atoms with E-state index >= 15 is 0 Å². The van der Waals surface area contributed by atoms with Gasteiger partial charge in [0, 0.05) is 7.05 Å². The fourth-order valence-corrected chi connectivity index (χ4v) is 1.03. The van der Waals surface area contributed by atoms with Gasteiger partial charge < -0.3 is 0 Å².